The van der Waals surface area contributed by atoms with Gasteiger partial charge in [-0.2, -0.15) is 5.10 Å². The Morgan fingerprint density at radius 3 is 2.75 bits per heavy atom. The van der Waals surface area contributed by atoms with Crippen molar-refractivity contribution in [3.05, 3.63) is 47.0 Å². The Kier molecular flexibility index (Phi) is 3.28. The zero-order valence-corrected chi connectivity index (χ0v) is 12.1. The summed E-state index contributed by atoms with van der Waals surface area (Å²) in [5.41, 5.74) is 5.57. The summed E-state index contributed by atoms with van der Waals surface area (Å²) in [6, 6.07) is 8.45. The van der Waals surface area contributed by atoms with Crippen LogP contribution in [0.1, 0.15) is 22.8 Å². The number of hydrogen-bond acceptors (Lipinski definition) is 3. The molecule has 2 N–H and O–H groups in total. The van der Waals surface area contributed by atoms with E-state index in [2.05, 4.69) is 56.4 Å². The van der Waals surface area contributed by atoms with Crippen molar-refractivity contribution in [2.75, 3.05) is 7.05 Å². The monoisotopic (exact) mass is 269 g/mol. The van der Waals surface area contributed by atoms with Crippen LogP contribution in [0.4, 0.5) is 0 Å². The Bertz CT molecular complexity index is 725. The topological polar surface area (TPSA) is 60.6 Å². The summed E-state index contributed by atoms with van der Waals surface area (Å²) in [5, 5.41) is 7.24. The van der Waals surface area contributed by atoms with Gasteiger partial charge in [0, 0.05) is 18.8 Å². The molecule has 2 heterocycles. The van der Waals surface area contributed by atoms with E-state index in [9.17, 15) is 0 Å². The molecule has 5 heteroatoms. The third kappa shape index (κ3) is 2.72. The molecule has 0 aliphatic carbocycles. The summed E-state index contributed by atoms with van der Waals surface area (Å²) in [5.74, 6) is 0.956. The summed E-state index contributed by atoms with van der Waals surface area (Å²) in [6.45, 7) is 5.72. The third-order valence-corrected chi connectivity index (χ3v) is 3.31. The summed E-state index contributed by atoms with van der Waals surface area (Å²) >= 11 is 0. The van der Waals surface area contributed by atoms with Gasteiger partial charge in [0.15, 0.2) is 0 Å². The van der Waals surface area contributed by atoms with Gasteiger partial charge in [0.25, 0.3) is 0 Å². The van der Waals surface area contributed by atoms with Crippen molar-refractivity contribution in [1.82, 2.24) is 25.1 Å². The van der Waals surface area contributed by atoms with Crippen LogP contribution in [0, 0.1) is 13.8 Å². The van der Waals surface area contributed by atoms with E-state index in [1.807, 2.05) is 13.8 Å². The van der Waals surface area contributed by atoms with Crippen molar-refractivity contribution in [2.45, 2.75) is 26.9 Å². The lowest BCUT2D eigenvalue weighted by Crippen LogP contribution is -2.17. The summed E-state index contributed by atoms with van der Waals surface area (Å²) in [4.78, 5) is 9.95. The number of rotatable bonds is 4. The molecule has 1 aromatic carbocycles. The van der Waals surface area contributed by atoms with E-state index in [1.165, 1.54) is 5.56 Å². The average molecular weight is 269 g/mol. The lowest BCUT2D eigenvalue weighted by atomic mass is 10.2. The molecule has 0 radical (unpaired) electrons. The molecular formula is C15H19N5. The fraction of sp³-hybridized carbons (Fsp3) is 0.333. The van der Waals surface area contributed by atoms with Crippen LogP contribution in [0.3, 0.4) is 0 Å². The highest BCUT2D eigenvalue weighted by atomic mass is 15.2. The molecule has 0 spiro atoms. The van der Waals surface area contributed by atoms with Gasteiger partial charge in [-0.3, -0.25) is 10.00 Å². The van der Waals surface area contributed by atoms with Gasteiger partial charge in [0.2, 0.25) is 0 Å². The molecule has 0 amide bonds. The first-order valence-electron chi connectivity index (χ1n) is 6.75. The van der Waals surface area contributed by atoms with Crippen LogP contribution in [-0.4, -0.2) is 32.1 Å². The van der Waals surface area contributed by atoms with Crippen LogP contribution >= 0.6 is 0 Å². The summed E-state index contributed by atoms with van der Waals surface area (Å²) in [6.07, 6.45) is 0. The van der Waals surface area contributed by atoms with Gasteiger partial charge in [0.05, 0.1) is 16.7 Å². The first-order chi connectivity index (χ1) is 9.60. The number of nitrogens with zero attached hydrogens (tertiary/aromatic N) is 3. The standard InChI is InChI=1S/C15H19N5/c1-10-6-13(19-18-10)9-20(3)8-12-4-5-14-15(7-12)17-11(2)16-14/h4-7H,8-9H2,1-3H3,(H,16,17)(H,18,19). The van der Waals surface area contributed by atoms with Crippen molar-refractivity contribution < 1.29 is 0 Å². The molecule has 104 valence electrons. The fourth-order valence-corrected chi connectivity index (χ4v) is 2.48. The van der Waals surface area contributed by atoms with Gasteiger partial charge in [-0.25, -0.2) is 4.98 Å². The molecule has 20 heavy (non-hydrogen) atoms. The number of nitrogens with one attached hydrogen (secondary N) is 2. The molecule has 0 aliphatic heterocycles. The Labute approximate surface area is 118 Å². The molecule has 0 atom stereocenters. The predicted octanol–water partition coefficient (Wildman–Crippen LogP) is 2.53. The van der Waals surface area contributed by atoms with Gasteiger partial charge in [-0.1, -0.05) is 6.07 Å². The molecule has 0 fully saturated rings. The Morgan fingerprint density at radius 2 is 2.00 bits per heavy atom. The molecule has 0 saturated carbocycles. The van der Waals surface area contributed by atoms with Crippen LogP contribution in [-0.2, 0) is 13.1 Å². The van der Waals surface area contributed by atoms with Crippen molar-refractivity contribution in [1.29, 1.82) is 0 Å². The van der Waals surface area contributed by atoms with Gasteiger partial charge >= 0.3 is 0 Å². The molecule has 0 bridgehead atoms. The zero-order chi connectivity index (χ0) is 14.1. The number of aromatic nitrogens is 4. The third-order valence-electron chi connectivity index (χ3n) is 3.31. The van der Waals surface area contributed by atoms with E-state index < -0.39 is 0 Å². The normalized spacial score (nSPS) is 11.6. The molecule has 2 aromatic heterocycles. The van der Waals surface area contributed by atoms with Gasteiger partial charge < -0.3 is 4.98 Å². The maximum absolute atomic E-state index is 4.42. The minimum absolute atomic E-state index is 0.838. The quantitative estimate of drug-likeness (QED) is 0.765. The van der Waals surface area contributed by atoms with Crippen molar-refractivity contribution in [3.63, 3.8) is 0 Å². The zero-order valence-electron chi connectivity index (χ0n) is 12.1. The van der Waals surface area contributed by atoms with E-state index in [0.29, 0.717) is 0 Å². The maximum Gasteiger partial charge on any atom is 0.104 e. The molecule has 3 aromatic rings. The lowest BCUT2D eigenvalue weighted by molar-refractivity contribution is 0.315. The SMILES string of the molecule is Cc1cc(CN(C)Cc2ccc3nc(C)[nH]c3c2)n[nH]1. The van der Waals surface area contributed by atoms with E-state index >= 15 is 0 Å². The molecule has 0 unspecified atom stereocenters. The van der Waals surface area contributed by atoms with Crippen LogP contribution in [0.2, 0.25) is 0 Å². The van der Waals surface area contributed by atoms with Crippen LogP contribution < -0.4 is 0 Å². The maximum atomic E-state index is 4.42. The van der Waals surface area contributed by atoms with E-state index in [1.54, 1.807) is 0 Å². The minimum atomic E-state index is 0.838. The van der Waals surface area contributed by atoms with Crippen LogP contribution in [0.25, 0.3) is 11.0 Å². The highest BCUT2D eigenvalue weighted by Crippen LogP contribution is 2.15. The number of aryl methyl sites for hydroxylation is 2. The highest BCUT2D eigenvalue weighted by molar-refractivity contribution is 5.75. The Hall–Kier alpha value is -2.14. The number of imidazole rings is 1. The van der Waals surface area contributed by atoms with Gasteiger partial charge in [-0.15, -0.1) is 0 Å². The Morgan fingerprint density at radius 1 is 1.15 bits per heavy atom. The van der Waals surface area contributed by atoms with E-state index in [0.717, 1.165) is 41.3 Å². The van der Waals surface area contributed by atoms with Gasteiger partial charge in [-0.05, 0) is 44.7 Å². The second-order valence-electron chi connectivity index (χ2n) is 5.39. The van der Waals surface area contributed by atoms with Crippen molar-refractivity contribution >= 4 is 11.0 Å². The van der Waals surface area contributed by atoms with Crippen molar-refractivity contribution in [2.24, 2.45) is 0 Å². The van der Waals surface area contributed by atoms with E-state index in [-0.39, 0.29) is 0 Å². The minimum Gasteiger partial charge on any atom is -0.342 e. The number of H-pyrrole nitrogens is 2. The highest BCUT2D eigenvalue weighted by Gasteiger charge is 2.06. The molecule has 5 nitrogen and oxygen atoms in total. The predicted molar refractivity (Wildman–Crippen MR) is 79.3 cm³/mol. The van der Waals surface area contributed by atoms with Crippen molar-refractivity contribution in [3.8, 4) is 0 Å². The number of fused-ring (bicyclic) bond motifs is 1. The van der Waals surface area contributed by atoms with E-state index in [4.69, 9.17) is 0 Å². The first kappa shape index (κ1) is 12.9. The molecule has 3 rings (SSSR count). The number of aromatic amines is 2. The second-order valence-corrected chi connectivity index (χ2v) is 5.39. The molecular weight excluding hydrogens is 250 g/mol. The number of benzene rings is 1. The molecule has 0 saturated heterocycles. The lowest BCUT2D eigenvalue weighted by Gasteiger charge is -2.15. The average Bonchev–Trinajstić information content (AvgIpc) is 2.93. The fourth-order valence-electron chi connectivity index (χ4n) is 2.48. The Balaban J connectivity index is 1.71. The van der Waals surface area contributed by atoms with Gasteiger partial charge in [0.1, 0.15) is 5.82 Å². The number of hydrogen-bond donors (Lipinski definition) is 2. The van der Waals surface area contributed by atoms with Crippen LogP contribution in [0.15, 0.2) is 24.3 Å². The van der Waals surface area contributed by atoms with Crippen LogP contribution in [0.5, 0.6) is 0 Å². The summed E-state index contributed by atoms with van der Waals surface area (Å²) < 4.78 is 0. The molecule has 0 aliphatic rings. The largest absolute Gasteiger partial charge is 0.342 e. The summed E-state index contributed by atoms with van der Waals surface area (Å²) in [7, 11) is 2.10. The second kappa shape index (κ2) is 5.09. The first-order valence-corrected chi connectivity index (χ1v) is 6.75. The smallest absolute Gasteiger partial charge is 0.104 e.